The van der Waals surface area contributed by atoms with Gasteiger partial charge in [0, 0.05) is 30.1 Å². The second-order valence-electron chi connectivity index (χ2n) is 8.76. The van der Waals surface area contributed by atoms with Crippen LogP contribution in [0.1, 0.15) is 43.2 Å². The molecule has 2 aromatic rings. The number of piperidine rings is 1. The molecule has 2 heterocycles. The van der Waals surface area contributed by atoms with Gasteiger partial charge >= 0.3 is 0 Å². The summed E-state index contributed by atoms with van der Waals surface area (Å²) in [6.45, 7) is 3.64. The minimum atomic E-state index is -0.192. The largest absolute Gasteiger partial charge is 0.311 e. The zero-order valence-electron chi connectivity index (χ0n) is 16.2. The van der Waals surface area contributed by atoms with Crippen LogP contribution in [0.3, 0.4) is 0 Å². The fourth-order valence-corrected chi connectivity index (χ4v) is 5.12. The summed E-state index contributed by atoms with van der Waals surface area (Å²) >= 11 is 0. The third-order valence-electron chi connectivity index (χ3n) is 7.06. The van der Waals surface area contributed by atoms with Crippen LogP contribution in [0.2, 0.25) is 0 Å². The molecule has 0 unspecified atom stereocenters. The average Bonchev–Trinajstić information content (AvgIpc) is 2.97. The first-order valence-electron chi connectivity index (χ1n) is 10.5. The lowest BCUT2D eigenvalue weighted by molar-refractivity contribution is -0.124. The Morgan fingerprint density at radius 3 is 2.50 bits per heavy atom. The maximum absolute atomic E-state index is 14.1. The zero-order chi connectivity index (χ0) is 19.1. The first-order chi connectivity index (χ1) is 13.6. The molecule has 3 aliphatic rings. The first-order valence-corrected chi connectivity index (χ1v) is 10.5. The lowest BCUT2D eigenvalue weighted by atomic mass is 9.74. The van der Waals surface area contributed by atoms with E-state index in [2.05, 4.69) is 29.2 Å². The topological polar surface area (TPSA) is 23.6 Å². The lowest BCUT2D eigenvalue weighted by Crippen LogP contribution is -2.47. The highest BCUT2D eigenvalue weighted by Gasteiger charge is 2.47. The minimum Gasteiger partial charge on any atom is -0.311 e. The summed E-state index contributed by atoms with van der Waals surface area (Å²) in [6.07, 6.45) is 5.11. The van der Waals surface area contributed by atoms with Gasteiger partial charge in [-0.2, -0.15) is 0 Å². The second-order valence-corrected chi connectivity index (χ2v) is 8.76. The Labute approximate surface area is 166 Å². The highest BCUT2D eigenvalue weighted by Crippen LogP contribution is 2.48. The Bertz CT molecular complexity index is 869. The molecule has 0 radical (unpaired) electrons. The van der Waals surface area contributed by atoms with E-state index in [1.165, 1.54) is 11.6 Å². The van der Waals surface area contributed by atoms with Gasteiger partial charge in [0.2, 0.25) is 5.91 Å². The molecule has 3 nitrogen and oxygen atoms in total. The van der Waals surface area contributed by atoms with Gasteiger partial charge in [-0.15, -0.1) is 0 Å². The molecule has 28 heavy (non-hydrogen) atoms. The van der Waals surface area contributed by atoms with E-state index >= 15 is 0 Å². The SMILES string of the molecule is O=C(C1CCC1)N1CC2(CCN(Cc3ccccc3)CC2)c2cc(F)ccc21. The highest BCUT2D eigenvalue weighted by molar-refractivity contribution is 5.98. The molecule has 146 valence electrons. The number of carbonyl (C=O) groups is 1. The van der Waals surface area contributed by atoms with Crippen LogP contribution in [0.25, 0.3) is 0 Å². The normalized spacial score (nSPS) is 21.5. The predicted molar refractivity (Wildman–Crippen MR) is 109 cm³/mol. The van der Waals surface area contributed by atoms with Crippen LogP contribution in [0, 0.1) is 11.7 Å². The smallest absolute Gasteiger partial charge is 0.230 e. The molecule has 1 amide bonds. The predicted octanol–water partition coefficient (Wildman–Crippen LogP) is 4.51. The number of fused-ring (bicyclic) bond motifs is 2. The van der Waals surface area contributed by atoms with Crippen molar-refractivity contribution >= 4 is 11.6 Å². The Hall–Kier alpha value is -2.20. The molecule has 0 N–H and O–H groups in total. The monoisotopic (exact) mass is 378 g/mol. The van der Waals surface area contributed by atoms with Gasteiger partial charge in [-0.05, 0) is 68.1 Å². The van der Waals surface area contributed by atoms with Gasteiger partial charge in [-0.1, -0.05) is 36.8 Å². The third kappa shape index (κ3) is 3.04. The van der Waals surface area contributed by atoms with Crippen molar-refractivity contribution in [2.75, 3.05) is 24.5 Å². The molecule has 1 saturated carbocycles. The Kier molecular flexibility index (Phi) is 4.47. The van der Waals surface area contributed by atoms with Gasteiger partial charge in [0.15, 0.2) is 0 Å². The molecule has 2 aromatic carbocycles. The summed E-state index contributed by atoms with van der Waals surface area (Å²) in [4.78, 5) is 17.5. The van der Waals surface area contributed by atoms with E-state index in [0.717, 1.165) is 69.5 Å². The maximum atomic E-state index is 14.1. The van der Waals surface area contributed by atoms with Gasteiger partial charge in [0.25, 0.3) is 0 Å². The maximum Gasteiger partial charge on any atom is 0.230 e. The lowest BCUT2D eigenvalue weighted by Gasteiger charge is -2.40. The van der Waals surface area contributed by atoms with Crippen molar-refractivity contribution in [3.05, 3.63) is 65.5 Å². The first kappa shape index (κ1) is 17.9. The number of benzene rings is 2. The quantitative estimate of drug-likeness (QED) is 0.785. The summed E-state index contributed by atoms with van der Waals surface area (Å²) in [5.74, 6) is 0.233. The number of likely N-dealkylation sites (tertiary alicyclic amines) is 1. The average molecular weight is 378 g/mol. The number of carbonyl (C=O) groups excluding carboxylic acids is 1. The van der Waals surface area contributed by atoms with Gasteiger partial charge in [0.05, 0.1) is 0 Å². The summed E-state index contributed by atoms with van der Waals surface area (Å²) in [5, 5.41) is 0. The Morgan fingerprint density at radius 1 is 1.07 bits per heavy atom. The van der Waals surface area contributed by atoms with Gasteiger partial charge in [0.1, 0.15) is 5.82 Å². The molecule has 1 saturated heterocycles. The van der Waals surface area contributed by atoms with Crippen molar-refractivity contribution in [2.45, 2.75) is 44.1 Å². The van der Waals surface area contributed by atoms with Crippen LogP contribution in [0.4, 0.5) is 10.1 Å². The molecule has 0 atom stereocenters. The molecule has 1 aliphatic carbocycles. The van der Waals surface area contributed by atoms with Crippen molar-refractivity contribution in [2.24, 2.45) is 5.92 Å². The van der Waals surface area contributed by atoms with Crippen LogP contribution < -0.4 is 4.90 Å². The summed E-state index contributed by atoms with van der Waals surface area (Å²) in [7, 11) is 0. The van der Waals surface area contributed by atoms with Gasteiger partial charge in [-0.3, -0.25) is 9.69 Å². The number of halogens is 1. The summed E-state index contributed by atoms with van der Waals surface area (Å²) in [5.41, 5.74) is 3.25. The van der Waals surface area contributed by atoms with Crippen LogP contribution in [-0.2, 0) is 16.8 Å². The summed E-state index contributed by atoms with van der Waals surface area (Å²) < 4.78 is 14.1. The number of anilines is 1. The summed E-state index contributed by atoms with van der Waals surface area (Å²) in [6, 6.07) is 15.6. The van der Waals surface area contributed by atoms with E-state index in [1.54, 1.807) is 6.07 Å². The molecule has 4 heteroatoms. The van der Waals surface area contributed by atoms with Crippen LogP contribution in [-0.4, -0.2) is 30.4 Å². The molecule has 0 aromatic heterocycles. The number of nitrogens with zero attached hydrogens (tertiary/aromatic N) is 2. The van der Waals surface area contributed by atoms with Crippen molar-refractivity contribution in [3.8, 4) is 0 Å². The number of hydrogen-bond acceptors (Lipinski definition) is 2. The molecule has 1 spiro atoms. The van der Waals surface area contributed by atoms with Crippen molar-refractivity contribution < 1.29 is 9.18 Å². The standard InChI is InChI=1S/C24H27FN2O/c25-20-9-10-22-21(15-20)24(17-27(22)23(28)19-7-4-8-19)11-13-26(14-12-24)16-18-5-2-1-3-6-18/h1-3,5-6,9-10,15,19H,4,7-8,11-14,16-17H2. The molecule has 0 bridgehead atoms. The van der Waals surface area contributed by atoms with Crippen LogP contribution in [0.5, 0.6) is 0 Å². The zero-order valence-corrected chi connectivity index (χ0v) is 16.2. The van der Waals surface area contributed by atoms with E-state index in [-0.39, 0.29) is 23.1 Å². The van der Waals surface area contributed by atoms with Crippen molar-refractivity contribution in [3.63, 3.8) is 0 Å². The second kappa shape index (κ2) is 7.00. The fraction of sp³-hybridized carbons (Fsp3) is 0.458. The van der Waals surface area contributed by atoms with E-state index in [4.69, 9.17) is 0 Å². The van der Waals surface area contributed by atoms with Crippen molar-refractivity contribution in [1.29, 1.82) is 0 Å². The van der Waals surface area contributed by atoms with Crippen LogP contribution >= 0.6 is 0 Å². The number of amides is 1. The molecule has 5 rings (SSSR count). The third-order valence-corrected chi connectivity index (χ3v) is 7.06. The Morgan fingerprint density at radius 2 is 1.82 bits per heavy atom. The molecular weight excluding hydrogens is 351 g/mol. The molecular formula is C24H27FN2O. The van der Waals surface area contributed by atoms with E-state index in [1.807, 2.05) is 17.0 Å². The highest BCUT2D eigenvalue weighted by atomic mass is 19.1. The molecule has 2 aliphatic heterocycles. The Balaban J connectivity index is 1.36. The van der Waals surface area contributed by atoms with Gasteiger partial charge in [-0.25, -0.2) is 4.39 Å². The fourth-order valence-electron chi connectivity index (χ4n) is 5.12. The van der Waals surface area contributed by atoms with E-state index < -0.39 is 0 Å². The van der Waals surface area contributed by atoms with Gasteiger partial charge < -0.3 is 4.90 Å². The van der Waals surface area contributed by atoms with Crippen LogP contribution in [0.15, 0.2) is 48.5 Å². The number of hydrogen-bond donors (Lipinski definition) is 0. The van der Waals surface area contributed by atoms with E-state index in [0.29, 0.717) is 0 Å². The molecule has 2 fully saturated rings. The number of rotatable bonds is 3. The van der Waals surface area contributed by atoms with Crippen molar-refractivity contribution in [1.82, 2.24) is 4.90 Å². The minimum absolute atomic E-state index is 0.0932. The van der Waals surface area contributed by atoms with E-state index in [9.17, 15) is 9.18 Å².